The van der Waals surface area contributed by atoms with Crippen LogP contribution < -0.4 is 5.73 Å². The second-order valence-electron chi connectivity index (χ2n) is 8.09. The minimum absolute atomic E-state index is 0.0143. The van der Waals surface area contributed by atoms with Crippen LogP contribution in [0.5, 0.6) is 0 Å². The molecule has 4 atom stereocenters. The summed E-state index contributed by atoms with van der Waals surface area (Å²) in [4.78, 5) is 14.6. The number of rotatable bonds is 6. The summed E-state index contributed by atoms with van der Waals surface area (Å²) < 4.78 is 13.4. The summed E-state index contributed by atoms with van der Waals surface area (Å²) in [7, 11) is 1.88. The standard InChI is InChI=1S/C21H27FN4O/c1-26(21(27)19-14-7-8-15(10-14)20(19)23)9-3-6-17-12-18(25-24-17)13-4-2-5-16(22)11-13/h2,4-5,11-12,14-15,19-20H,3,6-10,23H2,1H3,(H,24,25). The molecule has 5 nitrogen and oxygen atoms in total. The molecule has 0 radical (unpaired) electrons. The van der Waals surface area contributed by atoms with Gasteiger partial charge in [0.15, 0.2) is 0 Å². The average molecular weight is 370 g/mol. The van der Waals surface area contributed by atoms with Gasteiger partial charge in [0.25, 0.3) is 0 Å². The SMILES string of the molecule is CN(CCCc1cc(-c2cccc(F)c2)n[nH]1)C(=O)C1C2CCC(C2)C1N. The van der Waals surface area contributed by atoms with Crippen LogP contribution in [0.3, 0.4) is 0 Å². The maximum atomic E-state index is 13.4. The van der Waals surface area contributed by atoms with Gasteiger partial charge in [0.05, 0.1) is 11.6 Å². The number of nitrogens with two attached hydrogens (primary N) is 1. The molecule has 1 aromatic heterocycles. The Labute approximate surface area is 159 Å². The zero-order valence-electron chi connectivity index (χ0n) is 15.7. The molecule has 2 saturated carbocycles. The minimum Gasteiger partial charge on any atom is -0.345 e. The Morgan fingerprint density at radius 2 is 2.15 bits per heavy atom. The summed E-state index contributed by atoms with van der Waals surface area (Å²) in [5, 5.41) is 7.29. The van der Waals surface area contributed by atoms with Crippen LogP contribution in [0.1, 0.15) is 31.4 Å². The number of nitrogens with one attached hydrogen (secondary N) is 1. The van der Waals surface area contributed by atoms with E-state index in [1.165, 1.54) is 18.6 Å². The van der Waals surface area contributed by atoms with Crippen molar-refractivity contribution in [1.29, 1.82) is 0 Å². The van der Waals surface area contributed by atoms with Crippen LogP contribution in [0.4, 0.5) is 4.39 Å². The third-order valence-electron chi connectivity index (χ3n) is 6.33. The third kappa shape index (κ3) is 3.63. The maximum Gasteiger partial charge on any atom is 0.227 e. The van der Waals surface area contributed by atoms with Crippen molar-refractivity contribution < 1.29 is 9.18 Å². The molecule has 2 fully saturated rings. The molecule has 0 spiro atoms. The number of nitrogens with zero attached hydrogens (tertiary/aromatic N) is 2. The lowest BCUT2D eigenvalue weighted by Gasteiger charge is -2.30. The van der Waals surface area contributed by atoms with E-state index in [1.807, 2.05) is 24.1 Å². The van der Waals surface area contributed by atoms with E-state index in [0.717, 1.165) is 42.6 Å². The highest BCUT2D eigenvalue weighted by Gasteiger charge is 2.49. The van der Waals surface area contributed by atoms with Crippen molar-refractivity contribution in [2.75, 3.05) is 13.6 Å². The van der Waals surface area contributed by atoms with Gasteiger partial charge in [0.2, 0.25) is 5.91 Å². The van der Waals surface area contributed by atoms with Crippen LogP contribution in [0.25, 0.3) is 11.3 Å². The Bertz CT molecular complexity index is 818. The van der Waals surface area contributed by atoms with Crippen LogP contribution in [-0.4, -0.2) is 40.6 Å². The maximum absolute atomic E-state index is 13.4. The Morgan fingerprint density at radius 1 is 1.33 bits per heavy atom. The van der Waals surface area contributed by atoms with Crippen molar-refractivity contribution in [2.24, 2.45) is 23.5 Å². The number of H-pyrrole nitrogens is 1. The lowest BCUT2D eigenvalue weighted by Crippen LogP contribution is -2.46. The number of benzene rings is 1. The van der Waals surface area contributed by atoms with Gasteiger partial charge >= 0.3 is 0 Å². The summed E-state index contributed by atoms with van der Waals surface area (Å²) in [6.07, 6.45) is 5.11. The van der Waals surface area contributed by atoms with Gasteiger partial charge in [-0.1, -0.05) is 12.1 Å². The van der Waals surface area contributed by atoms with E-state index < -0.39 is 0 Å². The molecular weight excluding hydrogens is 343 g/mol. The number of hydrogen-bond acceptors (Lipinski definition) is 3. The van der Waals surface area contributed by atoms with E-state index in [4.69, 9.17) is 5.73 Å². The molecule has 27 heavy (non-hydrogen) atoms. The van der Waals surface area contributed by atoms with Gasteiger partial charge < -0.3 is 10.6 Å². The van der Waals surface area contributed by atoms with Gasteiger partial charge in [-0.15, -0.1) is 0 Å². The normalized spacial score (nSPS) is 26.5. The monoisotopic (exact) mass is 370 g/mol. The van der Waals surface area contributed by atoms with Crippen molar-refractivity contribution in [3.63, 3.8) is 0 Å². The highest BCUT2D eigenvalue weighted by atomic mass is 19.1. The van der Waals surface area contributed by atoms with Crippen molar-refractivity contribution in [1.82, 2.24) is 15.1 Å². The van der Waals surface area contributed by atoms with Crippen LogP contribution in [0, 0.1) is 23.6 Å². The Balaban J connectivity index is 1.29. The number of aryl methyl sites for hydroxylation is 1. The van der Waals surface area contributed by atoms with Crippen molar-refractivity contribution in [3.05, 3.63) is 41.8 Å². The van der Waals surface area contributed by atoms with Gasteiger partial charge in [0.1, 0.15) is 5.82 Å². The van der Waals surface area contributed by atoms with Gasteiger partial charge in [-0.2, -0.15) is 5.10 Å². The van der Waals surface area contributed by atoms with E-state index in [2.05, 4.69) is 10.2 Å². The fourth-order valence-corrected chi connectivity index (χ4v) is 4.86. The largest absolute Gasteiger partial charge is 0.345 e. The second kappa shape index (κ2) is 7.43. The summed E-state index contributed by atoms with van der Waals surface area (Å²) in [5.41, 5.74) is 8.79. The van der Waals surface area contributed by atoms with Crippen molar-refractivity contribution in [2.45, 2.75) is 38.1 Å². The Morgan fingerprint density at radius 3 is 2.89 bits per heavy atom. The molecule has 0 aliphatic heterocycles. The molecule has 4 unspecified atom stereocenters. The van der Waals surface area contributed by atoms with Crippen molar-refractivity contribution in [3.8, 4) is 11.3 Å². The molecular formula is C21H27FN4O. The van der Waals surface area contributed by atoms with Crippen LogP contribution >= 0.6 is 0 Å². The number of hydrogen-bond donors (Lipinski definition) is 2. The first kappa shape index (κ1) is 18.2. The predicted octanol–water partition coefficient (Wildman–Crippen LogP) is 2.98. The lowest BCUT2D eigenvalue weighted by molar-refractivity contribution is -0.136. The first-order valence-corrected chi connectivity index (χ1v) is 9.83. The number of halogens is 1. The number of aromatic amines is 1. The zero-order chi connectivity index (χ0) is 19.0. The van der Waals surface area contributed by atoms with Crippen LogP contribution in [0.15, 0.2) is 30.3 Å². The van der Waals surface area contributed by atoms with E-state index in [9.17, 15) is 9.18 Å². The summed E-state index contributed by atoms with van der Waals surface area (Å²) in [5.74, 6) is 0.987. The molecule has 4 rings (SSSR count). The summed E-state index contributed by atoms with van der Waals surface area (Å²) in [6.45, 7) is 0.702. The van der Waals surface area contributed by atoms with E-state index >= 15 is 0 Å². The molecule has 1 heterocycles. The average Bonchev–Trinajstić information content (AvgIpc) is 3.37. The molecule has 1 aromatic carbocycles. The number of carbonyl (C=O) groups is 1. The molecule has 2 aliphatic carbocycles. The smallest absolute Gasteiger partial charge is 0.227 e. The van der Waals surface area contributed by atoms with Gasteiger partial charge in [-0.3, -0.25) is 9.89 Å². The fraction of sp³-hybridized carbons (Fsp3) is 0.524. The number of fused-ring (bicyclic) bond motifs is 2. The Kier molecular flexibility index (Phi) is 5.00. The summed E-state index contributed by atoms with van der Waals surface area (Å²) >= 11 is 0. The first-order valence-electron chi connectivity index (χ1n) is 9.83. The van der Waals surface area contributed by atoms with E-state index in [-0.39, 0.29) is 23.7 Å². The Hall–Kier alpha value is -2.21. The molecule has 2 aliphatic rings. The van der Waals surface area contributed by atoms with Gasteiger partial charge in [-0.05, 0) is 62.1 Å². The quantitative estimate of drug-likeness (QED) is 0.821. The third-order valence-corrected chi connectivity index (χ3v) is 6.33. The number of amides is 1. The lowest BCUT2D eigenvalue weighted by atomic mass is 9.84. The molecule has 2 bridgehead atoms. The molecule has 0 saturated heterocycles. The fourth-order valence-electron chi connectivity index (χ4n) is 4.86. The van der Waals surface area contributed by atoms with E-state index in [0.29, 0.717) is 18.4 Å². The number of aromatic nitrogens is 2. The highest BCUT2D eigenvalue weighted by molar-refractivity contribution is 5.80. The predicted molar refractivity (Wildman–Crippen MR) is 102 cm³/mol. The second-order valence-corrected chi connectivity index (χ2v) is 8.09. The molecule has 144 valence electrons. The van der Waals surface area contributed by atoms with Gasteiger partial charge in [0, 0.05) is 30.9 Å². The molecule has 6 heteroatoms. The van der Waals surface area contributed by atoms with Crippen molar-refractivity contribution >= 4 is 5.91 Å². The highest BCUT2D eigenvalue weighted by Crippen LogP contribution is 2.48. The van der Waals surface area contributed by atoms with Gasteiger partial charge in [-0.25, -0.2) is 4.39 Å². The topological polar surface area (TPSA) is 75.0 Å². The first-order chi connectivity index (χ1) is 13.0. The molecule has 2 aromatic rings. The van der Waals surface area contributed by atoms with Crippen LogP contribution in [0.2, 0.25) is 0 Å². The van der Waals surface area contributed by atoms with Crippen LogP contribution in [-0.2, 0) is 11.2 Å². The number of carbonyl (C=O) groups excluding carboxylic acids is 1. The molecule has 3 N–H and O–H groups in total. The minimum atomic E-state index is -0.268. The molecule has 1 amide bonds. The zero-order valence-corrected chi connectivity index (χ0v) is 15.7. The van der Waals surface area contributed by atoms with E-state index in [1.54, 1.807) is 6.07 Å². The summed E-state index contributed by atoms with van der Waals surface area (Å²) in [6, 6.07) is 8.41.